The van der Waals surface area contributed by atoms with Crippen LogP contribution in [0.2, 0.25) is 0 Å². The summed E-state index contributed by atoms with van der Waals surface area (Å²) in [5.74, 6) is 1.63. The molecule has 0 fully saturated rings. The SMILES string of the molecule is COc1ccc(CCNc2ncccc2F)c(OC)c1OC. The van der Waals surface area contributed by atoms with Crippen molar-refractivity contribution in [3.8, 4) is 17.2 Å². The highest BCUT2D eigenvalue weighted by Gasteiger charge is 2.15. The second-order valence-corrected chi connectivity index (χ2v) is 4.50. The maximum atomic E-state index is 13.5. The van der Waals surface area contributed by atoms with Crippen LogP contribution in [0.25, 0.3) is 0 Å². The number of ether oxygens (including phenoxy) is 3. The van der Waals surface area contributed by atoms with Gasteiger partial charge in [0.2, 0.25) is 5.75 Å². The van der Waals surface area contributed by atoms with E-state index in [1.54, 1.807) is 33.6 Å². The number of anilines is 1. The van der Waals surface area contributed by atoms with E-state index in [-0.39, 0.29) is 11.6 Å². The van der Waals surface area contributed by atoms with Gasteiger partial charge in [-0.1, -0.05) is 6.07 Å². The normalized spacial score (nSPS) is 10.2. The second kappa shape index (κ2) is 7.49. The van der Waals surface area contributed by atoms with Crippen LogP contribution in [0.15, 0.2) is 30.5 Å². The van der Waals surface area contributed by atoms with Crippen molar-refractivity contribution in [3.63, 3.8) is 0 Å². The zero-order valence-electron chi connectivity index (χ0n) is 12.9. The average molecular weight is 306 g/mol. The minimum atomic E-state index is -0.373. The summed E-state index contributed by atoms with van der Waals surface area (Å²) in [6.45, 7) is 0.514. The van der Waals surface area contributed by atoms with Gasteiger partial charge in [0.25, 0.3) is 0 Å². The number of rotatable bonds is 7. The maximum Gasteiger partial charge on any atom is 0.203 e. The molecular formula is C16H19FN2O3. The van der Waals surface area contributed by atoms with Crippen LogP contribution in [0.3, 0.4) is 0 Å². The lowest BCUT2D eigenvalue weighted by atomic mass is 10.1. The molecule has 0 aliphatic carbocycles. The molecule has 0 saturated heterocycles. The van der Waals surface area contributed by atoms with Gasteiger partial charge >= 0.3 is 0 Å². The Bertz CT molecular complexity index is 635. The Labute approximate surface area is 129 Å². The number of aromatic nitrogens is 1. The largest absolute Gasteiger partial charge is 0.493 e. The molecule has 1 heterocycles. The van der Waals surface area contributed by atoms with E-state index in [1.807, 2.05) is 12.1 Å². The Balaban J connectivity index is 2.11. The van der Waals surface area contributed by atoms with Crippen LogP contribution in [0.5, 0.6) is 17.2 Å². The molecule has 1 aromatic carbocycles. The van der Waals surface area contributed by atoms with E-state index in [2.05, 4.69) is 10.3 Å². The van der Waals surface area contributed by atoms with Gasteiger partial charge in [0.05, 0.1) is 21.3 Å². The molecule has 0 amide bonds. The number of hydrogen-bond donors (Lipinski definition) is 1. The Morgan fingerprint density at radius 2 is 1.82 bits per heavy atom. The number of methoxy groups -OCH3 is 3. The van der Waals surface area contributed by atoms with Crippen LogP contribution >= 0.6 is 0 Å². The molecule has 5 nitrogen and oxygen atoms in total. The number of nitrogens with one attached hydrogen (secondary N) is 1. The molecule has 0 saturated carbocycles. The standard InChI is InChI=1S/C16H19FN2O3/c1-20-13-7-6-11(14(21-2)15(13)22-3)8-10-19-16-12(17)5-4-9-18-16/h4-7,9H,8,10H2,1-3H3,(H,18,19). The Morgan fingerprint density at radius 1 is 1.05 bits per heavy atom. The van der Waals surface area contributed by atoms with E-state index in [9.17, 15) is 4.39 Å². The highest BCUT2D eigenvalue weighted by Crippen LogP contribution is 2.39. The van der Waals surface area contributed by atoms with Crippen molar-refractivity contribution in [2.75, 3.05) is 33.2 Å². The van der Waals surface area contributed by atoms with Crippen LogP contribution in [-0.4, -0.2) is 32.9 Å². The molecule has 0 radical (unpaired) electrons. The molecule has 0 bridgehead atoms. The van der Waals surface area contributed by atoms with Gasteiger partial charge in [0, 0.05) is 18.3 Å². The topological polar surface area (TPSA) is 52.6 Å². The second-order valence-electron chi connectivity index (χ2n) is 4.50. The smallest absolute Gasteiger partial charge is 0.203 e. The molecule has 6 heteroatoms. The van der Waals surface area contributed by atoms with Crippen molar-refractivity contribution in [3.05, 3.63) is 41.8 Å². The highest BCUT2D eigenvalue weighted by molar-refractivity contribution is 5.56. The van der Waals surface area contributed by atoms with Crippen molar-refractivity contribution < 1.29 is 18.6 Å². The molecule has 2 rings (SSSR count). The van der Waals surface area contributed by atoms with E-state index in [0.29, 0.717) is 30.2 Å². The quantitative estimate of drug-likeness (QED) is 0.852. The van der Waals surface area contributed by atoms with Gasteiger partial charge in [0.15, 0.2) is 23.1 Å². The van der Waals surface area contributed by atoms with E-state index >= 15 is 0 Å². The third-order valence-electron chi connectivity index (χ3n) is 3.23. The van der Waals surface area contributed by atoms with E-state index in [0.717, 1.165) is 5.56 Å². The van der Waals surface area contributed by atoms with Gasteiger partial charge in [-0.15, -0.1) is 0 Å². The zero-order valence-corrected chi connectivity index (χ0v) is 12.9. The summed E-state index contributed by atoms with van der Waals surface area (Å²) in [5.41, 5.74) is 0.934. The number of pyridine rings is 1. The van der Waals surface area contributed by atoms with Crippen LogP contribution in [0.4, 0.5) is 10.2 Å². The summed E-state index contributed by atoms with van der Waals surface area (Å²) >= 11 is 0. The number of nitrogens with zero attached hydrogens (tertiary/aromatic N) is 1. The third-order valence-corrected chi connectivity index (χ3v) is 3.23. The molecule has 118 valence electrons. The lowest BCUT2D eigenvalue weighted by molar-refractivity contribution is 0.322. The molecule has 1 N–H and O–H groups in total. The summed E-state index contributed by atoms with van der Waals surface area (Å²) in [4.78, 5) is 3.95. The molecular weight excluding hydrogens is 287 g/mol. The van der Waals surface area contributed by atoms with Crippen LogP contribution < -0.4 is 19.5 Å². The molecule has 0 unspecified atom stereocenters. The van der Waals surface area contributed by atoms with Crippen LogP contribution in [0, 0.1) is 5.82 Å². The third kappa shape index (κ3) is 3.39. The predicted molar refractivity (Wildman–Crippen MR) is 82.5 cm³/mol. The molecule has 0 atom stereocenters. The maximum absolute atomic E-state index is 13.5. The summed E-state index contributed by atoms with van der Waals surface area (Å²) in [5, 5.41) is 2.97. The number of halogens is 1. The van der Waals surface area contributed by atoms with Gasteiger partial charge in [-0.25, -0.2) is 9.37 Å². The van der Waals surface area contributed by atoms with Crippen molar-refractivity contribution >= 4 is 5.82 Å². The lowest BCUT2D eigenvalue weighted by Crippen LogP contribution is -2.09. The molecule has 2 aromatic rings. The monoisotopic (exact) mass is 306 g/mol. The zero-order chi connectivity index (χ0) is 15.9. The first kappa shape index (κ1) is 15.9. The number of hydrogen-bond acceptors (Lipinski definition) is 5. The van der Waals surface area contributed by atoms with E-state index < -0.39 is 0 Å². The minimum absolute atomic E-state index is 0.238. The molecule has 0 aliphatic heterocycles. The number of benzene rings is 1. The van der Waals surface area contributed by atoms with E-state index in [1.165, 1.54) is 6.07 Å². The average Bonchev–Trinajstić information content (AvgIpc) is 2.55. The summed E-state index contributed by atoms with van der Waals surface area (Å²) < 4.78 is 29.5. The van der Waals surface area contributed by atoms with Crippen LogP contribution in [-0.2, 0) is 6.42 Å². The van der Waals surface area contributed by atoms with Crippen molar-refractivity contribution in [2.24, 2.45) is 0 Å². The minimum Gasteiger partial charge on any atom is -0.493 e. The van der Waals surface area contributed by atoms with Gasteiger partial charge in [-0.3, -0.25) is 0 Å². The first-order chi connectivity index (χ1) is 10.7. The first-order valence-electron chi connectivity index (χ1n) is 6.83. The Kier molecular flexibility index (Phi) is 5.41. The molecule has 0 aliphatic rings. The predicted octanol–water partition coefficient (Wildman–Crippen LogP) is 2.90. The Hall–Kier alpha value is -2.50. The molecule has 0 spiro atoms. The van der Waals surface area contributed by atoms with Gasteiger partial charge in [-0.2, -0.15) is 0 Å². The van der Waals surface area contributed by atoms with E-state index in [4.69, 9.17) is 14.2 Å². The van der Waals surface area contributed by atoms with Gasteiger partial charge < -0.3 is 19.5 Å². The van der Waals surface area contributed by atoms with Gasteiger partial charge in [-0.05, 0) is 24.6 Å². The molecule has 1 aromatic heterocycles. The summed E-state index contributed by atoms with van der Waals surface area (Å²) in [6.07, 6.45) is 2.17. The summed E-state index contributed by atoms with van der Waals surface area (Å²) in [7, 11) is 4.71. The fraction of sp³-hybridized carbons (Fsp3) is 0.312. The summed E-state index contributed by atoms with van der Waals surface area (Å²) in [6, 6.07) is 6.64. The fourth-order valence-corrected chi connectivity index (χ4v) is 2.19. The van der Waals surface area contributed by atoms with Crippen molar-refractivity contribution in [1.82, 2.24) is 4.98 Å². The first-order valence-corrected chi connectivity index (χ1v) is 6.83. The van der Waals surface area contributed by atoms with Crippen molar-refractivity contribution in [2.45, 2.75) is 6.42 Å². The van der Waals surface area contributed by atoms with Gasteiger partial charge in [0.1, 0.15) is 0 Å². The molecule has 22 heavy (non-hydrogen) atoms. The van der Waals surface area contributed by atoms with Crippen LogP contribution in [0.1, 0.15) is 5.56 Å². The highest BCUT2D eigenvalue weighted by atomic mass is 19.1. The fourth-order valence-electron chi connectivity index (χ4n) is 2.19. The lowest BCUT2D eigenvalue weighted by Gasteiger charge is -2.16. The Morgan fingerprint density at radius 3 is 2.45 bits per heavy atom. The van der Waals surface area contributed by atoms with Crippen molar-refractivity contribution in [1.29, 1.82) is 0 Å².